The number of rotatable bonds is 4. The number of halogens is 3. The van der Waals surface area contributed by atoms with E-state index in [4.69, 9.17) is 5.11 Å². The first kappa shape index (κ1) is 14.3. The highest BCUT2D eigenvalue weighted by Crippen LogP contribution is 2.33. The first-order valence-electron chi connectivity index (χ1n) is 5.60. The van der Waals surface area contributed by atoms with E-state index in [2.05, 4.69) is 4.72 Å². The van der Waals surface area contributed by atoms with Gasteiger partial charge in [-0.15, -0.1) is 0 Å². The van der Waals surface area contributed by atoms with Gasteiger partial charge in [0.25, 0.3) is 0 Å². The molecule has 1 fully saturated rings. The fourth-order valence-electron chi connectivity index (χ4n) is 1.95. The second-order valence-electron chi connectivity index (χ2n) is 4.57. The second kappa shape index (κ2) is 4.77. The van der Waals surface area contributed by atoms with E-state index in [9.17, 15) is 21.6 Å². The normalized spacial score (nSPS) is 18.1. The molecule has 4 nitrogen and oxygen atoms in total. The number of aliphatic hydroxyl groups excluding tert-OH is 1. The molecule has 0 atom stereocenters. The molecule has 0 aromatic heterocycles. The third-order valence-corrected chi connectivity index (χ3v) is 4.85. The fraction of sp³-hybridized carbons (Fsp3) is 0.455. The van der Waals surface area contributed by atoms with Crippen molar-refractivity contribution in [3.63, 3.8) is 0 Å². The predicted octanol–water partition coefficient (Wildman–Crippen LogP) is 1.30. The summed E-state index contributed by atoms with van der Waals surface area (Å²) in [5.41, 5.74) is -1.03. The summed E-state index contributed by atoms with van der Waals surface area (Å²) in [5, 5.41) is 9.16. The lowest BCUT2D eigenvalue weighted by atomic mass is 9.78. The third-order valence-electron chi connectivity index (χ3n) is 3.25. The number of hydrogen-bond donors (Lipinski definition) is 2. The molecule has 0 bridgehead atoms. The highest BCUT2D eigenvalue weighted by Gasteiger charge is 2.41. The Balaban J connectivity index is 2.38. The maximum absolute atomic E-state index is 13.5. The smallest absolute Gasteiger partial charge is 0.244 e. The van der Waals surface area contributed by atoms with Gasteiger partial charge in [-0.05, 0) is 31.4 Å². The molecule has 106 valence electrons. The molecule has 0 aliphatic heterocycles. The zero-order valence-electron chi connectivity index (χ0n) is 9.79. The van der Waals surface area contributed by atoms with Crippen LogP contribution in [0.5, 0.6) is 0 Å². The summed E-state index contributed by atoms with van der Waals surface area (Å²) in [7, 11) is -4.35. The van der Waals surface area contributed by atoms with Crippen molar-refractivity contribution in [2.45, 2.75) is 29.7 Å². The van der Waals surface area contributed by atoms with E-state index in [1.54, 1.807) is 0 Å². The summed E-state index contributed by atoms with van der Waals surface area (Å²) in [6.07, 6.45) is 1.55. The Bertz CT molecular complexity index is 594. The number of aliphatic hydroxyl groups is 1. The van der Waals surface area contributed by atoms with Crippen LogP contribution < -0.4 is 4.72 Å². The molecular formula is C11H12F3NO3S. The van der Waals surface area contributed by atoms with E-state index in [1.807, 2.05) is 0 Å². The Morgan fingerprint density at radius 3 is 2.32 bits per heavy atom. The van der Waals surface area contributed by atoms with E-state index >= 15 is 0 Å². The van der Waals surface area contributed by atoms with Gasteiger partial charge in [0.15, 0.2) is 17.5 Å². The molecule has 0 unspecified atom stereocenters. The van der Waals surface area contributed by atoms with Crippen molar-refractivity contribution in [1.82, 2.24) is 4.72 Å². The summed E-state index contributed by atoms with van der Waals surface area (Å²) < 4.78 is 65.3. The van der Waals surface area contributed by atoms with Gasteiger partial charge < -0.3 is 5.11 Å². The minimum atomic E-state index is -4.35. The van der Waals surface area contributed by atoms with Gasteiger partial charge in [0.05, 0.1) is 12.1 Å². The van der Waals surface area contributed by atoms with Crippen LogP contribution in [0.2, 0.25) is 0 Å². The van der Waals surface area contributed by atoms with E-state index in [-0.39, 0.29) is 0 Å². The first-order chi connectivity index (χ1) is 8.81. The van der Waals surface area contributed by atoms with Crippen molar-refractivity contribution >= 4 is 10.0 Å². The lowest BCUT2D eigenvalue weighted by Crippen LogP contribution is -2.56. The molecular weight excluding hydrogens is 283 g/mol. The SMILES string of the molecule is O=S(=O)(NC1(CO)CCC1)c1ccc(F)c(F)c1F. The Morgan fingerprint density at radius 2 is 1.84 bits per heavy atom. The van der Waals surface area contributed by atoms with Gasteiger partial charge in [-0.1, -0.05) is 0 Å². The van der Waals surface area contributed by atoms with Gasteiger partial charge in [0, 0.05) is 0 Å². The monoisotopic (exact) mass is 295 g/mol. The summed E-state index contributed by atoms with van der Waals surface area (Å²) >= 11 is 0. The van der Waals surface area contributed by atoms with Gasteiger partial charge in [-0.3, -0.25) is 0 Å². The van der Waals surface area contributed by atoms with Crippen LogP contribution in [0.15, 0.2) is 17.0 Å². The van der Waals surface area contributed by atoms with E-state index in [0.29, 0.717) is 25.0 Å². The Hall–Kier alpha value is -1.12. The molecule has 2 rings (SSSR count). The average molecular weight is 295 g/mol. The standard InChI is InChI=1S/C11H12F3NO3S/c12-7-2-3-8(10(14)9(7)13)19(17,18)15-11(6-16)4-1-5-11/h2-3,15-16H,1,4-6H2. The highest BCUT2D eigenvalue weighted by molar-refractivity contribution is 7.89. The molecule has 1 aliphatic carbocycles. The number of nitrogens with one attached hydrogen (secondary N) is 1. The lowest BCUT2D eigenvalue weighted by Gasteiger charge is -2.40. The maximum atomic E-state index is 13.5. The minimum Gasteiger partial charge on any atom is -0.394 e. The van der Waals surface area contributed by atoms with E-state index < -0.39 is 44.5 Å². The Labute approximate surface area is 108 Å². The lowest BCUT2D eigenvalue weighted by molar-refractivity contribution is 0.110. The maximum Gasteiger partial charge on any atom is 0.244 e. The van der Waals surface area contributed by atoms with Crippen molar-refractivity contribution in [2.24, 2.45) is 0 Å². The third kappa shape index (κ3) is 2.47. The number of hydrogen-bond acceptors (Lipinski definition) is 3. The van der Waals surface area contributed by atoms with Crippen molar-refractivity contribution in [3.05, 3.63) is 29.6 Å². The fourth-order valence-corrected chi connectivity index (χ4v) is 3.47. The van der Waals surface area contributed by atoms with Crippen LogP contribution in [-0.2, 0) is 10.0 Å². The number of sulfonamides is 1. The van der Waals surface area contributed by atoms with Crippen molar-refractivity contribution in [1.29, 1.82) is 0 Å². The molecule has 19 heavy (non-hydrogen) atoms. The molecule has 1 aliphatic rings. The van der Waals surface area contributed by atoms with Crippen molar-refractivity contribution in [2.75, 3.05) is 6.61 Å². The van der Waals surface area contributed by atoms with Crippen molar-refractivity contribution < 1.29 is 26.7 Å². The first-order valence-corrected chi connectivity index (χ1v) is 7.08. The van der Waals surface area contributed by atoms with Gasteiger partial charge in [0.2, 0.25) is 10.0 Å². The molecule has 1 saturated carbocycles. The summed E-state index contributed by atoms with van der Waals surface area (Å²) in [6.45, 7) is -0.433. The summed E-state index contributed by atoms with van der Waals surface area (Å²) in [4.78, 5) is -0.967. The van der Waals surface area contributed by atoms with Crippen LogP contribution in [0.4, 0.5) is 13.2 Å². The zero-order valence-corrected chi connectivity index (χ0v) is 10.6. The molecule has 0 radical (unpaired) electrons. The Morgan fingerprint density at radius 1 is 1.21 bits per heavy atom. The number of benzene rings is 1. The van der Waals surface area contributed by atoms with Crippen LogP contribution in [0, 0.1) is 17.5 Å². The van der Waals surface area contributed by atoms with Gasteiger partial charge >= 0.3 is 0 Å². The molecule has 0 spiro atoms. The van der Waals surface area contributed by atoms with Crippen molar-refractivity contribution in [3.8, 4) is 0 Å². The van der Waals surface area contributed by atoms with Gasteiger partial charge in [-0.2, -0.15) is 0 Å². The minimum absolute atomic E-state index is 0.411. The molecule has 0 amide bonds. The Kier molecular flexibility index (Phi) is 3.59. The van der Waals surface area contributed by atoms with Crippen LogP contribution in [-0.4, -0.2) is 25.7 Å². The summed E-state index contributed by atoms with van der Waals surface area (Å²) in [6, 6.07) is 1.19. The van der Waals surface area contributed by atoms with Gasteiger partial charge in [-0.25, -0.2) is 26.3 Å². The quantitative estimate of drug-likeness (QED) is 0.823. The van der Waals surface area contributed by atoms with Gasteiger partial charge in [0.1, 0.15) is 4.90 Å². The van der Waals surface area contributed by atoms with Crippen LogP contribution >= 0.6 is 0 Å². The van der Waals surface area contributed by atoms with Crippen LogP contribution in [0.3, 0.4) is 0 Å². The zero-order chi connectivity index (χ0) is 14.3. The largest absolute Gasteiger partial charge is 0.394 e. The molecule has 8 heteroatoms. The van der Waals surface area contributed by atoms with E-state index in [1.165, 1.54) is 0 Å². The van der Waals surface area contributed by atoms with Crippen LogP contribution in [0.1, 0.15) is 19.3 Å². The summed E-state index contributed by atoms with van der Waals surface area (Å²) in [5.74, 6) is -5.06. The van der Waals surface area contributed by atoms with Crippen LogP contribution in [0.25, 0.3) is 0 Å². The average Bonchev–Trinajstić information content (AvgIpc) is 2.30. The second-order valence-corrected chi connectivity index (χ2v) is 6.22. The molecule has 1 aromatic carbocycles. The topological polar surface area (TPSA) is 66.4 Å². The predicted molar refractivity (Wildman–Crippen MR) is 60.3 cm³/mol. The molecule has 0 heterocycles. The molecule has 0 saturated heterocycles. The molecule has 1 aromatic rings. The highest BCUT2D eigenvalue weighted by atomic mass is 32.2. The molecule has 2 N–H and O–H groups in total. The van der Waals surface area contributed by atoms with E-state index in [0.717, 1.165) is 6.42 Å².